The first kappa shape index (κ1) is 14.1. The Morgan fingerprint density at radius 2 is 2.29 bits per heavy atom. The Hall–Kier alpha value is -0.950. The van der Waals surface area contributed by atoms with Crippen LogP contribution in [0.15, 0.2) is 29.2 Å². The first-order valence-corrected chi connectivity index (χ1v) is 6.80. The number of rotatable bonds is 6. The molecule has 1 rings (SSSR count). The van der Waals surface area contributed by atoms with Crippen LogP contribution < -0.4 is 11.3 Å². The lowest BCUT2D eigenvalue weighted by Gasteiger charge is -2.14. The normalized spacial score (nSPS) is 11.7. The molecule has 1 aromatic carbocycles. The molecule has 92 valence electrons. The maximum Gasteiger partial charge on any atom is 0.0313 e. The molecule has 0 radical (unpaired) electrons. The molecule has 0 aromatic heterocycles. The van der Waals surface area contributed by atoms with Crippen LogP contribution in [-0.4, -0.2) is 11.8 Å². The number of benzene rings is 1. The Labute approximate surface area is 108 Å². The molecule has 0 aliphatic carbocycles. The van der Waals surface area contributed by atoms with Gasteiger partial charge in [0.15, 0.2) is 0 Å². The summed E-state index contributed by atoms with van der Waals surface area (Å²) >= 11 is 1.83. The number of hydrazine groups is 1. The van der Waals surface area contributed by atoms with Crippen molar-refractivity contribution in [2.45, 2.75) is 37.6 Å². The van der Waals surface area contributed by atoms with Crippen molar-refractivity contribution in [2.75, 3.05) is 5.75 Å². The van der Waals surface area contributed by atoms with E-state index in [0.29, 0.717) is 6.04 Å². The molecule has 2 nitrogen and oxygen atoms in total. The lowest BCUT2D eigenvalue weighted by atomic mass is 10.2. The van der Waals surface area contributed by atoms with Crippen molar-refractivity contribution in [2.24, 2.45) is 5.84 Å². The van der Waals surface area contributed by atoms with Crippen molar-refractivity contribution >= 4 is 11.8 Å². The number of nitrogens with one attached hydrogen (secondary N) is 1. The van der Waals surface area contributed by atoms with Gasteiger partial charge in [-0.1, -0.05) is 17.7 Å². The Balaban J connectivity index is 2.38. The van der Waals surface area contributed by atoms with Gasteiger partial charge in [-0.2, -0.15) is 0 Å². The molecular weight excluding hydrogens is 228 g/mol. The fourth-order valence-electron chi connectivity index (χ4n) is 1.49. The zero-order valence-corrected chi connectivity index (χ0v) is 11.3. The van der Waals surface area contributed by atoms with E-state index in [-0.39, 0.29) is 0 Å². The van der Waals surface area contributed by atoms with E-state index in [1.807, 2.05) is 18.7 Å². The van der Waals surface area contributed by atoms with Crippen molar-refractivity contribution in [1.29, 1.82) is 0 Å². The predicted molar refractivity (Wildman–Crippen MR) is 75.7 cm³/mol. The minimum absolute atomic E-state index is 0.321. The first-order chi connectivity index (χ1) is 8.26. The molecule has 17 heavy (non-hydrogen) atoms. The molecule has 3 heteroatoms. The zero-order valence-electron chi connectivity index (χ0n) is 10.5. The monoisotopic (exact) mass is 248 g/mol. The standard InChI is InChI=1S/C14H20N2S/c1-3-4-5-8-13(16-15)11-17-14-9-6-7-12(2)10-14/h6-7,9-10,13,16H,5,8,11,15H2,1-2H3. The van der Waals surface area contributed by atoms with Gasteiger partial charge in [0.05, 0.1) is 0 Å². The molecular formula is C14H20N2S. The summed E-state index contributed by atoms with van der Waals surface area (Å²) in [6.07, 6.45) is 1.90. The van der Waals surface area contributed by atoms with E-state index in [0.717, 1.165) is 18.6 Å². The smallest absolute Gasteiger partial charge is 0.0313 e. The summed E-state index contributed by atoms with van der Waals surface area (Å²) in [6.45, 7) is 3.98. The highest BCUT2D eigenvalue weighted by atomic mass is 32.2. The zero-order chi connectivity index (χ0) is 12.5. The van der Waals surface area contributed by atoms with Crippen LogP contribution >= 0.6 is 11.8 Å². The number of aryl methyl sites for hydroxylation is 1. The van der Waals surface area contributed by atoms with E-state index in [1.54, 1.807) is 0 Å². The number of hydrogen-bond acceptors (Lipinski definition) is 3. The fraction of sp³-hybridized carbons (Fsp3) is 0.429. The van der Waals surface area contributed by atoms with Crippen LogP contribution in [0.4, 0.5) is 0 Å². The second kappa shape index (κ2) is 8.19. The number of hydrogen-bond donors (Lipinski definition) is 2. The lowest BCUT2D eigenvalue weighted by Crippen LogP contribution is -2.36. The van der Waals surface area contributed by atoms with Crippen LogP contribution in [0.5, 0.6) is 0 Å². The van der Waals surface area contributed by atoms with Gasteiger partial charge in [0, 0.05) is 23.1 Å². The molecule has 0 saturated carbocycles. The van der Waals surface area contributed by atoms with Gasteiger partial charge in [-0.15, -0.1) is 23.6 Å². The highest BCUT2D eigenvalue weighted by Gasteiger charge is 2.06. The molecule has 0 bridgehead atoms. The van der Waals surface area contributed by atoms with E-state index in [9.17, 15) is 0 Å². The van der Waals surface area contributed by atoms with Crippen LogP contribution in [0.25, 0.3) is 0 Å². The Bertz CT molecular complexity index is 393. The topological polar surface area (TPSA) is 38.0 Å². The van der Waals surface area contributed by atoms with Crippen molar-refractivity contribution < 1.29 is 0 Å². The third kappa shape index (κ3) is 5.78. The summed E-state index contributed by atoms with van der Waals surface area (Å²) < 4.78 is 0. The average molecular weight is 248 g/mol. The largest absolute Gasteiger partial charge is 0.271 e. The first-order valence-electron chi connectivity index (χ1n) is 5.81. The Morgan fingerprint density at radius 1 is 1.47 bits per heavy atom. The number of nitrogens with two attached hydrogens (primary N) is 1. The van der Waals surface area contributed by atoms with Crippen molar-refractivity contribution in [3.63, 3.8) is 0 Å². The maximum atomic E-state index is 5.54. The van der Waals surface area contributed by atoms with Crippen LogP contribution in [0.1, 0.15) is 25.3 Å². The highest BCUT2D eigenvalue weighted by Crippen LogP contribution is 2.20. The van der Waals surface area contributed by atoms with E-state index >= 15 is 0 Å². The Morgan fingerprint density at radius 3 is 2.94 bits per heavy atom. The minimum Gasteiger partial charge on any atom is -0.271 e. The van der Waals surface area contributed by atoms with Crippen LogP contribution in [0, 0.1) is 18.8 Å². The molecule has 0 amide bonds. The molecule has 0 aliphatic rings. The van der Waals surface area contributed by atoms with Crippen molar-refractivity contribution in [1.82, 2.24) is 5.43 Å². The summed E-state index contributed by atoms with van der Waals surface area (Å²) in [4.78, 5) is 1.30. The highest BCUT2D eigenvalue weighted by molar-refractivity contribution is 7.99. The van der Waals surface area contributed by atoms with Gasteiger partial charge in [-0.25, -0.2) is 0 Å². The van der Waals surface area contributed by atoms with Crippen LogP contribution in [-0.2, 0) is 0 Å². The van der Waals surface area contributed by atoms with Gasteiger partial charge in [0.25, 0.3) is 0 Å². The molecule has 0 fully saturated rings. The molecule has 0 aliphatic heterocycles. The van der Waals surface area contributed by atoms with Gasteiger partial charge in [0.2, 0.25) is 0 Å². The SMILES string of the molecule is CC#CCCC(CSc1cccc(C)c1)NN. The molecule has 1 atom stereocenters. The lowest BCUT2D eigenvalue weighted by molar-refractivity contribution is 0.547. The summed E-state index contributed by atoms with van der Waals surface area (Å²) in [5.74, 6) is 12.5. The molecule has 3 N–H and O–H groups in total. The summed E-state index contributed by atoms with van der Waals surface area (Å²) in [5.41, 5.74) is 4.15. The minimum atomic E-state index is 0.321. The molecule has 0 saturated heterocycles. The summed E-state index contributed by atoms with van der Waals surface area (Å²) in [5, 5.41) is 0. The van der Waals surface area contributed by atoms with Gasteiger partial charge in [-0.05, 0) is 32.4 Å². The van der Waals surface area contributed by atoms with Gasteiger partial charge in [-0.3, -0.25) is 11.3 Å². The average Bonchev–Trinajstić information content (AvgIpc) is 2.34. The van der Waals surface area contributed by atoms with Crippen LogP contribution in [0.2, 0.25) is 0 Å². The van der Waals surface area contributed by atoms with E-state index in [4.69, 9.17) is 5.84 Å². The number of thioether (sulfide) groups is 1. The predicted octanol–water partition coefficient (Wildman–Crippen LogP) is 2.72. The van der Waals surface area contributed by atoms with Gasteiger partial charge < -0.3 is 0 Å². The fourth-order valence-corrected chi connectivity index (χ4v) is 2.59. The van der Waals surface area contributed by atoms with Crippen molar-refractivity contribution in [3.05, 3.63) is 29.8 Å². The molecule has 1 aromatic rings. The van der Waals surface area contributed by atoms with Gasteiger partial charge >= 0.3 is 0 Å². The third-order valence-corrected chi connectivity index (χ3v) is 3.63. The second-order valence-corrected chi connectivity index (χ2v) is 5.05. The summed E-state index contributed by atoms with van der Waals surface area (Å²) in [7, 11) is 0. The maximum absolute atomic E-state index is 5.54. The summed E-state index contributed by atoms with van der Waals surface area (Å²) in [6, 6.07) is 8.85. The molecule has 0 heterocycles. The Kier molecular flexibility index (Phi) is 6.80. The third-order valence-electron chi connectivity index (χ3n) is 2.47. The molecule has 1 unspecified atom stereocenters. The van der Waals surface area contributed by atoms with Crippen LogP contribution in [0.3, 0.4) is 0 Å². The quantitative estimate of drug-likeness (QED) is 0.352. The second-order valence-electron chi connectivity index (χ2n) is 3.96. The van der Waals surface area contributed by atoms with Gasteiger partial charge in [0.1, 0.15) is 0 Å². The van der Waals surface area contributed by atoms with Crippen molar-refractivity contribution in [3.8, 4) is 11.8 Å². The van der Waals surface area contributed by atoms with E-state index in [2.05, 4.69) is 48.5 Å². The molecule has 0 spiro atoms. The van der Waals surface area contributed by atoms with E-state index < -0.39 is 0 Å². The van der Waals surface area contributed by atoms with E-state index in [1.165, 1.54) is 10.5 Å².